The monoisotopic (exact) mass is 265 g/mol. The molecular formula is C16H27NO2. The van der Waals surface area contributed by atoms with E-state index in [4.69, 9.17) is 10.5 Å². The van der Waals surface area contributed by atoms with Gasteiger partial charge in [-0.2, -0.15) is 0 Å². The SMILES string of the molecule is CCOc1ccc(CC)cc1CC(C)C(CN)CO. The molecule has 108 valence electrons. The van der Waals surface area contributed by atoms with Crippen LogP contribution < -0.4 is 10.5 Å². The molecule has 19 heavy (non-hydrogen) atoms. The fourth-order valence-corrected chi connectivity index (χ4v) is 2.31. The standard InChI is InChI=1S/C16H27NO2/c1-4-13-6-7-16(19-5-2)14(9-13)8-12(3)15(10-17)11-18/h6-7,9,12,15,18H,4-5,8,10-11,17H2,1-3H3. The van der Waals surface area contributed by atoms with E-state index in [-0.39, 0.29) is 12.5 Å². The molecule has 1 aromatic carbocycles. The fraction of sp³-hybridized carbons (Fsp3) is 0.625. The lowest BCUT2D eigenvalue weighted by molar-refractivity contribution is 0.186. The summed E-state index contributed by atoms with van der Waals surface area (Å²) in [7, 11) is 0. The van der Waals surface area contributed by atoms with E-state index < -0.39 is 0 Å². The topological polar surface area (TPSA) is 55.5 Å². The number of rotatable bonds is 8. The first kappa shape index (κ1) is 16.0. The maximum Gasteiger partial charge on any atom is 0.122 e. The summed E-state index contributed by atoms with van der Waals surface area (Å²) in [6.07, 6.45) is 1.92. The van der Waals surface area contributed by atoms with E-state index in [0.717, 1.165) is 18.6 Å². The van der Waals surface area contributed by atoms with E-state index in [0.29, 0.717) is 19.1 Å². The van der Waals surface area contributed by atoms with Gasteiger partial charge in [0.05, 0.1) is 6.61 Å². The molecular weight excluding hydrogens is 238 g/mol. The zero-order valence-electron chi connectivity index (χ0n) is 12.4. The van der Waals surface area contributed by atoms with Gasteiger partial charge in [-0.1, -0.05) is 26.0 Å². The molecule has 3 N–H and O–H groups in total. The van der Waals surface area contributed by atoms with Gasteiger partial charge in [0.15, 0.2) is 0 Å². The zero-order valence-corrected chi connectivity index (χ0v) is 12.4. The van der Waals surface area contributed by atoms with Crippen molar-refractivity contribution >= 4 is 0 Å². The lowest BCUT2D eigenvalue weighted by atomic mass is 9.88. The average Bonchev–Trinajstić information content (AvgIpc) is 2.42. The summed E-state index contributed by atoms with van der Waals surface area (Å²) in [6, 6.07) is 6.39. The summed E-state index contributed by atoms with van der Waals surface area (Å²) >= 11 is 0. The van der Waals surface area contributed by atoms with Crippen LogP contribution in [0.4, 0.5) is 0 Å². The molecule has 0 aliphatic rings. The van der Waals surface area contributed by atoms with Gasteiger partial charge in [0.25, 0.3) is 0 Å². The molecule has 0 fully saturated rings. The lowest BCUT2D eigenvalue weighted by Crippen LogP contribution is -2.26. The third-order valence-corrected chi connectivity index (χ3v) is 3.72. The van der Waals surface area contributed by atoms with E-state index in [2.05, 4.69) is 32.0 Å². The second-order valence-corrected chi connectivity index (χ2v) is 5.09. The highest BCUT2D eigenvalue weighted by molar-refractivity contribution is 5.37. The molecule has 0 amide bonds. The number of ether oxygens (including phenoxy) is 1. The predicted octanol–water partition coefficient (Wildman–Crippen LogP) is 2.39. The Morgan fingerprint density at radius 1 is 1.32 bits per heavy atom. The van der Waals surface area contributed by atoms with Gasteiger partial charge in [-0.3, -0.25) is 0 Å². The molecule has 0 aliphatic carbocycles. The number of aryl methyl sites for hydroxylation is 1. The van der Waals surface area contributed by atoms with Crippen molar-refractivity contribution in [1.82, 2.24) is 0 Å². The second kappa shape index (κ2) is 8.18. The van der Waals surface area contributed by atoms with Gasteiger partial charge in [0.1, 0.15) is 5.75 Å². The summed E-state index contributed by atoms with van der Waals surface area (Å²) in [4.78, 5) is 0. The van der Waals surface area contributed by atoms with Gasteiger partial charge in [-0.05, 0) is 55.3 Å². The van der Waals surface area contributed by atoms with Crippen molar-refractivity contribution in [2.24, 2.45) is 17.6 Å². The normalized spacial score (nSPS) is 14.2. The molecule has 3 nitrogen and oxygen atoms in total. The molecule has 2 atom stereocenters. The summed E-state index contributed by atoms with van der Waals surface area (Å²) in [5.74, 6) is 1.46. The molecule has 0 spiro atoms. The minimum Gasteiger partial charge on any atom is -0.494 e. The lowest BCUT2D eigenvalue weighted by Gasteiger charge is -2.22. The van der Waals surface area contributed by atoms with Gasteiger partial charge in [0.2, 0.25) is 0 Å². The maximum absolute atomic E-state index is 9.34. The predicted molar refractivity (Wildman–Crippen MR) is 79.5 cm³/mol. The number of aliphatic hydroxyl groups excluding tert-OH is 1. The summed E-state index contributed by atoms with van der Waals surface area (Å²) in [5.41, 5.74) is 8.24. The first-order chi connectivity index (χ1) is 9.15. The quantitative estimate of drug-likeness (QED) is 0.759. The highest BCUT2D eigenvalue weighted by Gasteiger charge is 2.17. The number of hydrogen-bond donors (Lipinski definition) is 2. The molecule has 0 saturated carbocycles. The molecule has 0 aliphatic heterocycles. The summed E-state index contributed by atoms with van der Waals surface area (Å²) in [5, 5.41) is 9.34. The third kappa shape index (κ3) is 4.51. The molecule has 2 unspecified atom stereocenters. The Morgan fingerprint density at radius 2 is 2.05 bits per heavy atom. The van der Waals surface area contributed by atoms with Crippen molar-refractivity contribution in [1.29, 1.82) is 0 Å². The minimum atomic E-state index is 0.148. The van der Waals surface area contributed by atoms with Gasteiger partial charge in [0, 0.05) is 6.61 Å². The highest BCUT2D eigenvalue weighted by Crippen LogP contribution is 2.26. The molecule has 0 aromatic heterocycles. The highest BCUT2D eigenvalue weighted by atomic mass is 16.5. The van der Waals surface area contributed by atoms with Gasteiger partial charge in [-0.15, -0.1) is 0 Å². The van der Waals surface area contributed by atoms with Crippen LogP contribution in [0.15, 0.2) is 18.2 Å². The number of benzene rings is 1. The van der Waals surface area contributed by atoms with Crippen LogP contribution >= 0.6 is 0 Å². The number of nitrogens with two attached hydrogens (primary N) is 1. The molecule has 0 saturated heterocycles. The fourth-order valence-electron chi connectivity index (χ4n) is 2.31. The largest absolute Gasteiger partial charge is 0.494 e. The van der Waals surface area contributed by atoms with Gasteiger partial charge in [-0.25, -0.2) is 0 Å². The maximum atomic E-state index is 9.34. The first-order valence-corrected chi connectivity index (χ1v) is 7.21. The van der Waals surface area contributed by atoms with E-state index in [9.17, 15) is 5.11 Å². The van der Waals surface area contributed by atoms with E-state index >= 15 is 0 Å². The van der Waals surface area contributed by atoms with Crippen molar-refractivity contribution in [3.05, 3.63) is 29.3 Å². The Kier molecular flexibility index (Phi) is 6.89. The van der Waals surface area contributed by atoms with Crippen molar-refractivity contribution in [3.8, 4) is 5.75 Å². The zero-order chi connectivity index (χ0) is 14.3. The van der Waals surface area contributed by atoms with Gasteiger partial charge >= 0.3 is 0 Å². The molecule has 0 bridgehead atoms. The molecule has 0 heterocycles. The van der Waals surface area contributed by atoms with Crippen molar-refractivity contribution in [2.45, 2.75) is 33.6 Å². The third-order valence-electron chi connectivity index (χ3n) is 3.72. The summed E-state index contributed by atoms with van der Waals surface area (Å²) < 4.78 is 5.69. The molecule has 3 heteroatoms. The second-order valence-electron chi connectivity index (χ2n) is 5.09. The van der Waals surface area contributed by atoms with Crippen molar-refractivity contribution < 1.29 is 9.84 Å². The van der Waals surface area contributed by atoms with Crippen LogP contribution in [0, 0.1) is 11.8 Å². The van der Waals surface area contributed by atoms with Crippen molar-refractivity contribution in [2.75, 3.05) is 19.8 Å². The van der Waals surface area contributed by atoms with Crippen LogP contribution in [-0.2, 0) is 12.8 Å². The Morgan fingerprint density at radius 3 is 2.58 bits per heavy atom. The van der Waals surface area contributed by atoms with Crippen LogP contribution in [0.3, 0.4) is 0 Å². The van der Waals surface area contributed by atoms with Crippen LogP contribution in [0.25, 0.3) is 0 Å². The van der Waals surface area contributed by atoms with Crippen LogP contribution in [0.1, 0.15) is 31.9 Å². The Hall–Kier alpha value is -1.06. The van der Waals surface area contributed by atoms with Gasteiger partial charge < -0.3 is 15.6 Å². The molecule has 1 rings (SSSR count). The van der Waals surface area contributed by atoms with Crippen molar-refractivity contribution in [3.63, 3.8) is 0 Å². The Balaban J connectivity index is 2.89. The van der Waals surface area contributed by atoms with Crippen LogP contribution in [-0.4, -0.2) is 24.9 Å². The number of aliphatic hydroxyl groups is 1. The Labute approximate surface area is 116 Å². The van der Waals surface area contributed by atoms with Crippen LogP contribution in [0.2, 0.25) is 0 Å². The average molecular weight is 265 g/mol. The Bertz CT molecular complexity index is 375. The summed E-state index contributed by atoms with van der Waals surface area (Å²) in [6.45, 7) is 7.64. The van der Waals surface area contributed by atoms with E-state index in [1.165, 1.54) is 11.1 Å². The molecule has 1 aromatic rings. The minimum absolute atomic E-state index is 0.148. The van der Waals surface area contributed by atoms with E-state index in [1.54, 1.807) is 0 Å². The molecule has 0 radical (unpaired) electrons. The smallest absolute Gasteiger partial charge is 0.122 e. The first-order valence-electron chi connectivity index (χ1n) is 7.21. The van der Waals surface area contributed by atoms with Crippen LogP contribution in [0.5, 0.6) is 5.75 Å². The van der Waals surface area contributed by atoms with E-state index in [1.807, 2.05) is 6.92 Å². The number of hydrogen-bond acceptors (Lipinski definition) is 3.